The SMILES string of the molecule is CCCCCC(C)(C)CNc1nc(C)cn1CCC. The van der Waals surface area contributed by atoms with Gasteiger partial charge in [0, 0.05) is 19.3 Å². The molecule has 0 aliphatic heterocycles. The Balaban J connectivity index is 2.50. The summed E-state index contributed by atoms with van der Waals surface area (Å²) in [4.78, 5) is 4.58. The molecule has 0 unspecified atom stereocenters. The lowest BCUT2D eigenvalue weighted by atomic mass is 9.87. The quantitative estimate of drug-likeness (QED) is 0.660. The van der Waals surface area contributed by atoms with E-state index in [9.17, 15) is 0 Å². The fourth-order valence-corrected chi connectivity index (χ4v) is 2.36. The van der Waals surface area contributed by atoms with Gasteiger partial charge in [-0.1, -0.05) is 47.0 Å². The van der Waals surface area contributed by atoms with Gasteiger partial charge in [0.1, 0.15) is 0 Å². The maximum absolute atomic E-state index is 4.58. The van der Waals surface area contributed by atoms with Crippen LogP contribution < -0.4 is 5.32 Å². The number of unbranched alkanes of at least 4 members (excludes halogenated alkanes) is 2. The predicted octanol–water partition coefficient (Wildman–Crippen LogP) is 4.62. The van der Waals surface area contributed by atoms with Crippen LogP contribution in [-0.2, 0) is 6.54 Å². The summed E-state index contributed by atoms with van der Waals surface area (Å²) >= 11 is 0. The topological polar surface area (TPSA) is 29.9 Å². The first-order chi connectivity index (χ1) is 8.98. The van der Waals surface area contributed by atoms with Crippen LogP contribution in [0.25, 0.3) is 0 Å². The molecule has 0 saturated carbocycles. The van der Waals surface area contributed by atoms with Crippen LogP contribution in [0.1, 0.15) is 65.5 Å². The van der Waals surface area contributed by atoms with Crippen LogP contribution in [0.5, 0.6) is 0 Å². The van der Waals surface area contributed by atoms with Crippen molar-refractivity contribution in [2.75, 3.05) is 11.9 Å². The summed E-state index contributed by atoms with van der Waals surface area (Å²) in [6.07, 6.45) is 8.52. The van der Waals surface area contributed by atoms with Gasteiger partial charge < -0.3 is 9.88 Å². The Labute approximate surface area is 118 Å². The minimum Gasteiger partial charge on any atom is -0.355 e. The van der Waals surface area contributed by atoms with Gasteiger partial charge in [0.15, 0.2) is 0 Å². The van der Waals surface area contributed by atoms with Crippen LogP contribution in [0, 0.1) is 12.3 Å². The van der Waals surface area contributed by atoms with Gasteiger partial charge in [0.2, 0.25) is 5.95 Å². The first-order valence-electron chi connectivity index (χ1n) is 7.76. The highest BCUT2D eigenvalue weighted by Gasteiger charge is 2.18. The molecular formula is C16H31N3. The largest absolute Gasteiger partial charge is 0.355 e. The number of imidazole rings is 1. The third-order valence-electron chi connectivity index (χ3n) is 3.54. The van der Waals surface area contributed by atoms with E-state index in [1.165, 1.54) is 25.7 Å². The van der Waals surface area contributed by atoms with Gasteiger partial charge >= 0.3 is 0 Å². The lowest BCUT2D eigenvalue weighted by molar-refractivity contribution is 0.341. The van der Waals surface area contributed by atoms with Gasteiger partial charge in [-0.15, -0.1) is 0 Å². The minimum absolute atomic E-state index is 0.339. The Bertz CT molecular complexity index is 366. The van der Waals surface area contributed by atoms with E-state index < -0.39 is 0 Å². The Hall–Kier alpha value is -0.990. The highest BCUT2D eigenvalue weighted by atomic mass is 15.2. The number of rotatable bonds is 9. The fraction of sp³-hybridized carbons (Fsp3) is 0.812. The van der Waals surface area contributed by atoms with Crippen molar-refractivity contribution in [2.45, 2.75) is 73.3 Å². The molecule has 0 aliphatic carbocycles. The molecule has 0 aromatic carbocycles. The zero-order chi connectivity index (χ0) is 14.3. The Morgan fingerprint density at radius 2 is 1.95 bits per heavy atom. The highest BCUT2D eigenvalue weighted by molar-refractivity contribution is 5.29. The molecule has 0 radical (unpaired) electrons. The second-order valence-electron chi connectivity index (χ2n) is 6.37. The maximum atomic E-state index is 4.58. The maximum Gasteiger partial charge on any atom is 0.203 e. The second-order valence-corrected chi connectivity index (χ2v) is 6.37. The standard InChI is InChI=1S/C16H31N3/c1-6-8-9-10-16(4,5)13-17-15-18-14(3)12-19(15)11-7-2/h12H,6-11,13H2,1-5H3,(H,17,18). The van der Waals surface area contributed by atoms with Crippen LogP contribution >= 0.6 is 0 Å². The summed E-state index contributed by atoms with van der Waals surface area (Å²) in [6, 6.07) is 0. The van der Waals surface area contributed by atoms with E-state index in [0.717, 1.165) is 31.2 Å². The molecule has 3 nitrogen and oxygen atoms in total. The van der Waals surface area contributed by atoms with Crippen molar-refractivity contribution in [3.05, 3.63) is 11.9 Å². The molecule has 1 N–H and O–H groups in total. The van der Waals surface area contributed by atoms with Crippen molar-refractivity contribution < 1.29 is 0 Å². The average Bonchev–Trinajstić information content (AvgIpc) is 2.68. The number of anilines is 1. The van der Waals surface area contributed by atoms with Crippen LogP contribution in [0.2, 0.25) is 0 Å². The Morgan fingerprint density at radius 1 is 1.21 bits per heavy atom. The molecule has 3 heteroatoms. The van der Waals surface area contributed by atoms with Crippen molar-refractivity contribution in [2.24, 2.45) is 5.41 Å². The lowest BCUT2D eigenvalue weighted by Crippen LogP contribution is -2.24. The fourth-order valence-electron chi connectivity index (χ4n) is 2.36. The highest BCUT2D eigenvalue weighted by Crippen LogP contribution is 2.24. The van der Waals surface area contributed by atoms with E-state index >= 15 is 0 Å². The molecule has 0 aliphatic rings. The predicted molar refractivity (Wildman–Crippen MR) is 83.7 cm³/mol. The molecule has 1 heterocycles. The normalized spacial score (nSPS) is 11.8. The smallest absolute Gasteiger partial charge is 0.203 e. The van der Waals surface area contributed by atoms with Gasteiger partial charge in [-0.3, -0.25) is 0 Å². The summed E-state index contributed by atoms with van der Waals surface area (Å²) in [5.41, 5.74) is 1.44. The number of aryl methyl sites for hydroxylation is 2. The van der Waals surface area contributed by atoms with E-state index in [4.69, 9.17) is 0 Å². The van der Waals surface area contributed by atoms with Crippen LogP contribution in [0.3, 0.4) is 0 Å². The first kappa shape index (κ1) is 16.1. The molecule has 1 aromatic rings. The molecular weight excluding hydrogens is 234 g/mol. The lowest BCUT2D eigenvalue weighted by Gasteiger charge is -2.25. The van der Waals surface area contributed by atoms with E-state index in [0.29, 0.717) is 5.41 Å². The number of aromatic nitrogens is 2. The number of nitrogens with one attached hydrogen (secondary N) is 1. The van der Waals surface area contributed by atoms with E-state index in [1.807, 2.05) is 0 Å². The molecule has 0 spiro atoms. The molecule has 110 valence electrons. The molecule has 0 bridgehead atoms. The average molecular weight is 265 g/mol. The summed E-state index contributed by atoms with van der Waals surface area (Å²) in [7, 11) is 0. The van der Waals surface area contributed by atoms with Crippen molar-refractivity contribution in [3.63, 3.8) is 0 Å². The number of nitrogens with zero attached hydrogens (tertiary/aromatic N) is 2. The van der Waals surface area contributed by atoms with Gasteiger partial charge in [-0.2, -0.15) is 0 Å². The molecule has 0 fully saturated rings. The summed E-state index contributed by atoms with van der Waals surface area (Å²) in [6.45, 7) is 13.2. The van der Waals surface area contributed by atoms with Crippen molar-refractivity contribution >= 4 is 5.95 Å². The minimum atomic E-state index is 0.339. The zero-order valence-electron chi connectivity index (χ0n) is 13.4. The van der Waals surface area contributed by atoms with Crippen LogP contribution in [-0.4, -0.2) is 16.1 Å². The third-order valence-corrected chi connectivity index (χ3v) is 3.54. The van der Waals surface area contributed by atoms with Crippen LogP contribution in [0.4, 0.5) is 5.95 Å². The molecule has 0 atom stereocenters. The zero-order valence-corrected chi connectivity index (χ0v) is 13.4. The summed E-state index contributed by atoms with van der Waals surface area (Å²) < 4.78 is 2.23. The number of hydrogen-bond acceptors (Lipinski definition) is 2. The summed E-state index contributed by atoms with van der Waals surface area (Å²) in [5.74, 6) is 1.03. The first-order valence-corrected chi connectivity index (χ1v) is 7.76. The van der Waals surface area contributed by atoms with Crippen molar-refractivity contribution in [3.8, 4) is 0 Å². The number of hydrogen-bond donors (Lipinski definition) is 1. The van der Waals surface area contributed by atoms with Crippen molar-refractivity contribution in [1.29, 1.82) is 0 Å². The Kier molecular flexibility index (Phi) is 6.40. The van der Waals surface area contributed by atoms with Gasteiger partial charge in [0.05, 0.1) is 5.69 Å². The van der Waals surface area contributed by atoms with Gasteiger partial charge in [-0.25, -0.2) is 4.98 Å². The van der Waals surface area contributed by atoms with E-state index in [-0.39, 0.29) is 0 Å². The molecule has 0 saturated heterocycles. The van der Waals surface area contributed by atoms with E-state index in [1.54, 1.807) is 0 Å². The molecule has 1 aromatic heterocycles. The Morgan fingerprint density at radius 3 is 2.58 bits per heavy atom. The van der Waals surface area contributed by atoms with Crippen molar-refractivity contribution in [1.82, 2.24) is 9.55 Å². The monoisotopic (exact) mass is 265 g/mol. The van der Waals surface area contributed by atoms with Crippen LogP contribution in [0.15, 0.2) is 6.20 Å². The molecule has 0 amide bonds. The molecule has 19 heavy (non-hydrogen) atoms. The van der Waals surface area contributed by atoms with Gasteiger partial charge in [0.25, 0.3) is 0 Å². The third kappa shape index (κ3) is 5.66. The second kappa shape index (κ2) is 7.56. The molecule has 1 rings (SSSR count). The van der Waals surface area contributed by atoms with Gasteiger partial charge in [-0.05, 0) is 25.2 Å². The van der Waals surface area contributed by atoms with E-state index in [2.05, 4.69) is 55.7 Å². The summed E-state index contributed by atoms with van der Waals surface area (Å²) in [5, 5.41) is 3.54.